The van der Waals surface area contributed by atoms with Crippen molar-refractivity contribution in [3.63, 3.8) is 0 Å². The van der Waals surface area contributed by atoms with Gasteiger partial charge in [-0.25, -0.2) is 17.7 Å². The van der Waals surface area contributed by atoms with Gasteiger partial charge in [-0.3, -0.25) is 0 Å². The number of anilines is 2. The minimum absolute atomic E-state index is 0.318. The Bertz CT molecular complexity index is 881. The molecule has 0 aliphatic carbocycles. The van der Waals surface area contributed by atoms with Gasteiger partial charge in [0, 0.05) is 31.4 Å². The van der Waals surface area contributed by atoms with Crippen LogP contribution in [0.1, 0.15) is 12.0 Å². The number of aromatic nitrogens is 2. The van der Waals surface area contributed by atoms with E-state index in [-0.39, 0.29) is 0 Å². The molecule has 0 radical (unpaired) electrons. The Balaban J connectivity index is 1.73. The van der Waals surface area contributed by atoms with Gasteiger partial charge in [0.1, 0.15) is 4.21 Å². The Morgan fingerprint density at radius 2 is 2.00 bits per heavy atom. The van der Waals surface area contributed by atoms with Crippen molar-refractivity contribution in [2.45, 2.75) is 17.1 Å². The number of hydrogen-bond donors (Lipinski definition) is 0. The second-order valence-corrected chi connectivity index (χ2v) is 10.4. The quantitative estimate of drug-likeness (QED) is 0.722. The molecular formula is C15H17BrN4O3S2. The van der Waals surface area contributed by atoms with Crippen molar-refractivity contribution < 1.29 is 13.2 Å². The molecule has 4 rings (SSSR count). The molecule has 2 aromatic rings. The fourth-order valence-corrected chi connectivity index (χ4v) is 6.61. The molecular weight excluding hydrogens is 428 g/mol. The van der Waals surface area contributed by atoms with E-state index in [1.807, 2.05) is 4.90 Å². The molecule has 1 saturated heterocycles. The molecule has 0 saturated carbocycles. The number of nitrogens with zero attached hydrogens (tertiary/aromatic N) is 4. The lowest BCUT2D eigenvalue weighted by molar-refractivity contribution is 0.122. The maximum Gasteiger partial charge on any atom is 0.275 e. The van der Waals surface area contributed by atoms with E-state index < -0.39 is 10.0 Å². The highest BCUT2D eigenvalue weighted by Crippen LogP contribution is 2.34. The van der Waals surface area contributed by atoms with E-state index in [1.54, 1.807) is 18.3 Å². The van der Waals surface area contributed by atoms with Crippen LogP contribution < -0.4 is 9.21 Å². The fraction of sp³-hybridized carbons (Fsp3) is 0.467. The van der Waals surface area contributed by atoms with Gasteiger partial charge >= 0.3 is 0 Å². The lowest BCUT2D eigenvalue weighted by Gasteiger charge is -2.31. The van der Waals surface area contributed by atoms with Crippen LogP contribution in [0.2, 0.25) is 0 Å². The number of fused-ring (bicyclic) bond motifs is 1. The number of thiophene rings is 1. The van der Waals surface area contributed by atoms with Gasteiger partial charge in [0.05, 0.1) is 17.0 Å². The molecule has 0 spiro atoms. The van der Waals surface area contributed by atoms with Gasteiger partial charge in [0.15, 0.2) is 5.82 Å². The number of halogens is 1. The summed E-state index contributed by atoms with van der Waals surface area (Å²) in [6, 6.07) is 3.38. The van der Waals surface area contributed by atoms with Crippen LogP contribution in [0.4, 0.5) is 11.8 Å². The molecule has 4 heterocycles. The summed E-state index contributed by atoms with van der Waals surface area (Å²) in [6.07, 6.45) is 3.32. The van der Waals surface area contributed by atoms with Crippen LogP contribution >= 0.6 is 27.3 Å². The molecule has 0 atom stereocenters. The lowest BCUT2D eigenvalue weighted by atomic mass is 10.1. The number of hydrogen-bond acceptors (Lipinski definition) is 7. The average molecular weight is 445 g/mol. The summed E-state index contributed by atoms with van der Waals surface area (Å²) in [5.41, 5.74) is 0.877. The van der Waals surface area contributed by atoms with Crippen LogP contribution in [0.15, 0.2) is 26.3 Å². The predicted molar refractivity (Wildman–Crippen MR) is 99.9 cm³/mol. The van der Waals surface area contributed by atoms with E-state index in [2.05, 4.69) is 25.9 Å². The van der Waals surface area contributed by atoms with Gasteiger partial charge < -0.3 is 9.64 Å². The number of sulfonamides is 1. The summed E-state index contributed by atoms with van der Waals surface area (Å²) < 4.78 is 34.0. The molecule has 7 nitrogen and oxygen atoms in total. The van der Waals surface area contributed by atoms with E-state index in [1.165, 1.54) is 15.6 Å². The summed E-state index contributed by atoms with van der Waals surface area (Å²) in [7, 11) is -3.61. The number of rotatable bonds is 3. The number of morpholine rings is 1. The lowest BCUT2D eigenvalue weighted by Crippen LogP contribution is -2.39. The summed E-state index contributed by atoms with van der Waals surface area (Å²) in [5, 5.41) is 0. The third-order valence-electron chi connectivity index (χ3n) is 4.26. The second kappa shape index (κ2) is 6.82. The van der Waals surface area contributed by atoms with Gasteiger partial charge in [0.2, 0.25) is 5.95 Å². The van der Waals surface area contributed by atoms with E-state index >= 15 is 0 Å². The maximum atomic E-state index is 13.1. The molecule has 0 N–H and O–H groups in total. The molecule has 0 bridgehead atoms. The molecule has 134 valence electrons. The van der Waals surface area contributed by atoms with Crippen LogP contribution in [0.5, 0.6) is 0 Å². The molecule has 25 heavy (non-hydrogen) atoms. The zero-order valence-corrected chi connectivity index (χ0v) is 16.6. The average Bonchev–Trinajstić information content (AvgIpc) is 3.09. The van der Waals surface area contributed by atoms with Crippen LogP contribution in [-0.2, 0) is 21.2 Å². The van der Waals surface area contributed by atoms with Crippen molar-refractivity contribution >= 4 is 49.1 Å². The smallest absolute Gasteiger partial charge is 0.275 e. The molecule has 0 unspecified atom stereocenters. The molecule has 0 aromatic carbocycles. The first kappa shape index (κ1) is 17.2. The summed E-state index contributed by atoms with van der Waals surface area (Å²) >= 11 is 4.55. The monoisotopic (exact) mass is 444 g/mol. The Morgan fingerprint density at radius 3 is 2.72 bits per heavy atom. The van der Waals surface area contributed by atoms with Crippen molar-refractivity contribution in [3.05, 3.63) is 27.7 Å². The fourth-order valence-electron chi connectivity index (χ4n) is 2.99. The standard InChI is InChI=1S/C15H17BrN4O3S2/c16-12-3-4-13(24-12)25(21,22)20-5-1-2-11-10-17-15(18-14(11)20)19-6-8-23-9-7-19/h3-4,10H,1-2,5-9H2. The largest absolute Gasteiger partial charge is 0.378 e. The van der Waals surface area contributed by atoms with Crippen molar-refractivity contribution in [2.75, 3.05) is 42.1 Å². The van der Waals surface area contributed by atoms with Crippen LogP contribution in [0.3, 0.4) is 0 Å². The van der Waals surface area contributed by atoms with Gasteiger partial charge in [0.25, 0.3) is 10.0 Å². The molecule has 2 aliphatic heterocycles. The summed E-state index contributed by atoms with van der Waals surface area (Å²) in [4.78, 5) is 11.1. The SMILES string of the molecule is O=S(=O)(c1ccc(Br)s1)N1CCCc2cnc(N3CCOCC3)nc21. The Hall–Kier alpha value is -1.23. The number of aryl methyl sites for hydroxylation is 1. The Kier molecular flexibility index (Phi) is 4.69. The van der Waals surface area contributed by atoms with E-state index in [0.29, 0.717) is 48.8 Å². The highest BCUT2D eigenvalue weighted by molar-refractivity contribution is 9.11. The van der Waals surface area contributed by atoms with Gasteiger partial charge in [-0.15, -0.1) is 11.3 Å². The summed E-state index contributed by atoms with van der Waals surface area (Å²) in [6.45, 7) is 3.12. The Labute approximate surface area is 158 Å². The number of ether oxygens (including phenoxy) is 1. The minimum Gasteiger partial charge on any atom is -0.378 e. The van der Waals surface area contributed by atoms with Crippen molar-refractivity contribution in [1.82, 2.24) is 9.97 Å². The van der Waals surface area contributed by atoms with Crippen molar-refractivity contribution in [2.24, 2.45) is 0 Å². The second-order valence-electron chi connectivity index (χ2n) is 5.86. The first-order valence-electron chi connectivity index (χ1n) is 8.02. The topological polar surface area (TPSA) is 75.6 Å². The molecule has 2 aromatic heterocycles. The van der Waals surface area contributed by atoms with Crippen LogP contribution in [-0.4, -0.2) is 51.2 Å². The molecule has 2 aliphatic rings. The normalized spacial score (nSPS) is 18.3. The molecule has 10 heteroatoms. The van der Waals surface area contributed by atoms with Crippen LogP contribution in [0, 0.1) is 0 Å². The first-order chi connectivity index (χ1) is 12.1. The zero-order valence-electron chi connectivity index (χ0n) is 13.4. The molecule has 0 amide bonds. The first-order valence-corrected chi connectivity index (χ1v) is 11.1. The maximum absolute atomic E-state index is 13.1. The zero-order chi connectivity index (χ0) is 17.4. The van der Waals surface area contributed by atoms with E-state index in [4.69, 9.17) is 4.74 Å². The summed E-state index contributed by atoms with van der Waals surface area (Å²) in [5.74, 6) is 1.07. The predicted octanol–water partition coefficient (Wildman–Crippen LogP) is 2.28. The van der Waals surface area contributed by atoms with Gasteiger partial charge in [-0.2, -0.15) is 4.98 Å². The third-order valence-corrected chi connectivity index (χ3v) is 8.14. The van der Waals surface area contributed by atoms with Crippen molar-refractivity contribution in [1.29, 1.82) is 0 Å². The van der Waals surface area contributed by atoms with E-state index in [0.717, 1.165) is 22.2 Å². The Morgan fingerprint density at radius 1 is 1.20 bits per heavy atom. The highest BCUT2D eigenvalue weighted by atomic mass is 79.9. The van der Waals surface area contributed by atoms with Gasteiger partial charge in [-0.1, -0.05) is 0 Å². The minimum atomic E-state index is -3.61. The van der Waals surface area contributed by atoms with Crippen LogP contribution in [0.25, 0.3) is 0 Å². The highest BCUT2D eigenvalue weighted by Gasteiger charge is 2.32. The molecule has 1 fully saturated rings. The van der Waals surface area contributed by atoms with Gasteiger partial charge in [-0.05, 0) is 40.9 Å². The van der Waals surface area contributed by atoms with E-state index in [9.17, 15) is 8.42 Å². The van der Waals surface area contributed by atoms with Crippen molar-refractivity contribution in [3.8, 4) is 0 Å². The third kappa shape index (κ3) is 3.27.